The van der Waals surface area contributed by atoms with Crippen LogP contribution >= 0.6 is 0 Å². The van der Waals surface area contributed by atoms with Crippen molar-refractivity contribution in [3.8, 4) is 0 Å². The summed E-state index contributed by atoms with van der Waals surface area (Å²) >= 11 is 0. The quantitative estimate of drug-likeness (QED) is 0.624. The summed E-state index contributed by atoms with van der Waals surface area (Å²) in [7, 11) is 0. The zero-order valence-electron chi connectivity index (χ0n) is 10.6. The molecule has 0 fully saturated rings. The first-order valence-corrected chi connectivity index (χ1v) is 6.28. The number of aryl methyl sites for hydroxylation is 1. The molecule has 94 valence electrons. The minimum Gasteiger partial charge on any atom is -0.271 e. The number of aromatic nitrogens is 1. The van der Waals surface area contributed by atoms with E-state index >= 15 is 0 Å². The highest BCUT2D eigenvalue weighted by molar-refractivity contribution is 5.27. The molecule has 0 aliphatic heterocycles. The van der Waals surface area contributed by atoms with Crippen LogP contribution in [0.5, 0.6) is 0 Å². The first-order valence-electron chi connectivity index (χ1n) is 6.28. The standard InChI is InChI=1S/C15H19N3/c1-2-12-6-5-7-13(10-12)15(18-16)11-14-8-3-4-9-17-14/h3-10,15,18H,2,11,16H2,1H3. The molecule has 1 heterocycles. The summed E-state index contributed by atoms with van der Waals surface area (Å²) in [5.41, 5.74) is 6.46. The summed E-state index contributed by atoms with van der Waals surface area (Å²) in [4.78, 5) is 4.34. The van der Waals surface area contributed by atoms with Gasteiger partial charge in [0.1, 0.15) is 0 Å². The molecular formula is C15H19N3. The molecule has 2 rings (SSSR count). The molecule has 2 aromatic rings. The molecule has 0 aliphatic rings. The first-order chi connectivity index (χ1) is 8.83. The van der Waals surface area contributed by atoms with Gasteiger partial charge in [0.15, 0.2) is 0 Å². The molecule has 0 bridgehead atoms. The number of nitrogens with zero attached hydrogens (tertiary/aromatic N) is 1. The molecule has 1 unspecified atom stereocenters. The van der Waals surface area contributed by atoms with Crippen LogP contribution in [0, 0.1) is 0 Å². The molecule has 0 amide bonds. The van der Waals surface area contributed by atoms with Crippen molar-refractivity contribution in [2.45, 2.75) is 25.8 Å². The third kappa shape index (κ3) is 3.15. The van der Waals surface area contributed by atoms with Crippen molar-refractivity contribution < 1.29 is 0 Å². The predicted molar refractivity (Wildman–Crippen MR) is 73.8 cm³/mol. The van der Waals surface area contributed by atoms with Gasteiger partial charge >= 0.3 is 0 Å². The SMILES string of the molecule is CCc1cccc(C(Cc2ccccn2)NN)c1. The monoisotopic (exact) mass is 241 g/mol. The van der Waals surface area contributed by atoms with E-state index in [1.807, 2.05) is 24.4 Å². The van der Waals surface area contributed by atoms with E-state index in [9.17, 15) is 0 Å². The summed E-state index contributed by atoms with van der Waals surface area (Å²) in [6.45, 7) is 2.16. The van der Waals surface area contributed by atoms with Crippen molar-refractivity contribution in [1.82, 2.24) is 10.4 Å². The Hall–Kier alpha value is -1.71. The Morgan fingerprint density at radius 3 is 2.78 bits per heavy atom. The second kappa shape index (κ2) is 6.28. The molecule has 0 radical (unpaired) electrons. The normalized spacial score (nSPS) is 12.3. The maximum atomic E-state index is 5.67. The lowest BCUT2D eigenvalue weighted by Crippen LogP contribution is -2.29. The van der Waals surface area contributed by atoms with Gasteiger partial charge in [0, 0.05) is 18.3 Å². The van der Waals surface area contributed by atoms with Crippen molar-refractivity contribution in [3.63, 3.8) is 0 Å². The number of rotatable bonds is 5. The van der Waals surface area contributed by atoms with E-state index in [1.165, 1.54) is 11.1 Å². The Labute approximate surface area is 108 Å². The van der Waals surface area contributed by atoms with Crippen molar-refractivity contribution in [3.05, 3.63) is 65.5 Å². The average molecular weight is 241 g/mol. The van der Waals surface area contributed by atoms with Crippen LogP contribution < -0.4 is 11.3 Å². The third-order valence-corrected chi connectivity index (χ3v) is 3.10. The molecule has 3 nitrogen and oxygen atoms in total. The van der Waals surface area contributed by atoms with Crippen LogP contribution in [-0.2, 0) is 12.8 Å². The molecule has 3 heteroatoms. The molecule has 0 aliphatic carbocycles. The van der Waals surface area contributed by atoms with Gasteiger partial charge in [-0.1, -0.05) is 37.3 Å². The minimum atomic E-state index is 0.103. The number of pyridine rings is 1. The van der Waals surface area contributed by atoms with Crippen LogP contribution in [0.15, 0.2) is 48.7 Å². The van der Waals surface area contributed by atoms with Crippen molar-refractivity contribution in [2.75, 3.05) is 0 Å². The van der Waals surface area contributed by atoms with Gasteiger partial charge < -0.3 is 0 Å². The van der Waals surface area contributed by atoms with E-state index in [1.54, 1.807) is 0 Å². The number of nitrogens with two attached hydrogens (primary N) is 1. The highest BCUT2D eigenvalue weighted by Crippen LogP contribution is 2.18. The second-order valence-corrected chi connectivity index (χ2v) is 4.34. The fraction of sp³-hybridized carbons (Fsp3) is 0.267. The van der Waals surface area contributed by atoms with Gasteiger partial charge in [-0.15, -0.1) is 0 Å². The van der Waals surface area contributed by atoms with Gasteiger partial charge in [-0.2, -0.15) is 0 Å². The van der Waals surface area contributed by atoms with Crippen molar-refractivity contribution >= 4 is 0 Å². The number of hydrazine groups is 1. The average Bonchev–Trinajstić information content (AvgIpc) is 2.46. The maximum Gasteiger partial charge on any atom is 0.0515 e. The van der Waals surface area contributed by atoms with Crippen molar-refractivity contribution in [1.29, 1.82) is 0 Å². The molecule has 0 spiro atoms. The first kappa shape index (κ1) is 12.7. The number of hydrogen-bond donors (Lipinski definition) is 2. The van der Waals surface area contributed by atoms with E-state index < -0.39 is 0 Å². The summed E-state index contributed by atoms with van der Waals surface area (Å²) in [5.74, 6) is 5.67. The van der Waals surface area contributed by atoms with Crippen LogP contribution in [-0.4, -0.2) is 4.98 Å². The lowest BCUT2D eigenvalue weighted by Gasteiger charge is -2.16. The van der Waals surface area contributed by atoms with Gasteiger partial charge in [0.25, 0.3) is 0 Å². The Morgan fingerprint density at radius 2 is 2.11 bits per heavy atom. The van der Waals surface area contributed by atoms with Crippen LogP contribution in [0.25, 0.3) is 0 Å². The second-order valence-electron chi connectivity index (χ2n) is 4.34. The van der Waals surface area contributed by atoms with Crippen LogP contribution in [0.1, 0.15) is 29.8 Å². The smallest absolute Gasteiger partial charge is 0.0515 e. The fourth-order valence-electron chi connectivity index (χ4n) is 2.03. The number of hydrogen-bond acceptors (Lipinski definition) is 3. The van der Waals surface area contributed by atoms with E-state index in [4.69, 9.17) is 5.84 Å². The minimum absolute atomic E-state index is 0.103. The third-order valence-electron chi connectivity index (χ3n) is 3.10. The number of benzene rings is 1. The lowest BCUT2D eigenvalue weighted by atomic mass is 9.99. The van der Waals surface area contributed by atoms with Gasteiger partial charge in [-0.25, -0.2) is 0 Å². The van der Waals surface area contributed by atoms with Crippen LogP contribution in [0.2, 0.25) is 0 Å². The molecular weight excluding hydrogens is 222 g/mol. The Kier molecular flexibility index (Phi) is 4.45. The molecule has 0 saturated carbocycles. The number of nitrogens with one attached hydrogen (secondary N) is 1. The van der Waals surface area contributed by atoms with Crippen LogP contribution in [0.3, 0.4) is 0 Å². The van der Waals surface area contributed by atoms with Gasteiger partial charge in [0.2, 0.25) is 0 Å². The lowest BCUT2D eigenvalue weighted by molar-refractivity contribution is 0.545. The molecule has 1 atom stereocenters. The Balaban J connectivity index is 2.17. The maximum absolute atomic E-state index is 5.67. The van der Waals surface area contributed by atoms with E-state index in [0.717, 1.165) is 18.5 Å². The topological polar surface area (TPSA) is 50.9 Å². The largest absolute Gasteiger partial charge is 0.271 e. The van der Waals surface area contributed by atoms with Gasteiger partial charge in [-0.05, 0) is 29.7 Å². The molecule has 1 aromatic carbocycles. The molecule has 3 N–H and O–H groups in total. The predicted octanol–water partition coefficient (Wildman–Crippen LogP) is 2.39. The van der Waals surface area contributed by atoms with E-state index in [0.29, 0.717) is 0 Å². The van der Waals surface area contributed by atoms with E-state index in [2.05, 4.69) is 41.6 Å². The fourth-order valence-corrected chi connectivity index (χ4v) is 2.03. The van der Waals surface area contributed by atoms with Crippen LogP contribution in [0.4, 0.5) is 0 Å². The highest BCUT2D eigenvalue weighted by Gasteiger charge is 2.11. The zero-order valence-corrected chi connectivity index (χ0v) is 10.6. The molecule has 1 aromatic heterocycles. The van der Waals surface area contributed by atoms with Crippen molar-refractivity contribution in [2.24, 2.45) is 5.84 Å². The summed E-state index contributed by atoms with van der Waals surface area (Å²) in [5, 5.41) is 0. The van der Waals surface area contributed by atoms with E-state index in [-0.39, 0.29) is 6.04 Å². The Bertz CT molecular complexity index is 482. The summed E-state index contributed by atoms with van der Waals surface area (Å²) in [6, 6.07) is 14.6. The van der Waals surface area contributed by atoms with Gasteiger partial charge in [0.05, 0.1) is 6.04 Å². The highest BCUT2D eigenvalue weighted by atomic mass is 15.2. The molecule has 18 heavy (non-hydrogen) atoms. The summed E-state index contributed by atoms with van der Waals surface area (Å²) in [6.07, 6.45) is 3.64. The van der Waals surface area contributed by atoms with Gasteiger partial charge in [-0.3, -0.25) is 16.3 Å². The zero-order chi connectivity index (χ0) is 12.8. The molecule has 0 saturated heterocycles. The summed E-state index contributed by atoms with van der Waals surface area (Å²) < 4.78 is 0. The Morgan fingerprint density at radius 1 is 1.22 bits per heavy atom.